The van der Waals surface area contributed by atoms with Crippen LogP contribution in [0.15, 0.2) is 66.2 Å². The van der Waals surface area contributed by atoms with Crippen LogP contribution in [0, 0.1) is 10.1 Å². The monoisotopic (exact) mass is 311 g/mol. The minimum atomic E-state index is -0.403. The van der Waals surface area contributed by atoms with Crippen LogP contribution in [0.25, 0.3) is 0 Å². The zero-order valence-corrected chi connectivity index (χ0v) is 12.4. The largest absolute Gasteiger partial charge is 0.372 e. The fourth-order valence-electron chi connectivity index (χ4n) is 2.16. The average Bonchev–Trinajstić information content (AvgIpc) is 3.08. The molecule has 3 rings (SSSR count). The molecular weight excluding hydrogens is 298 g/mol. The van der Waals surface area contributed by atoms with E-state index in [0.29, 0.717) is 0 Å². The van der Waals surface area contributed by atoms with Gasteiger partial charge in [-0.2, -0.15) is 0 Å². The van der Waals surface area contributed by atoms with Crippen molar-refractivity contribution in [3.8, 4) is 0 Å². The van der Waals surface area contributed by atoms with E-state index in [2.05, 4.69) is 10.3 Å². The Balaban J connectivity index is 1.89. The molecule has 0 aliphatic carbocycles. The molecule has 1 heterocycles. The lowest BCUT2D eigenvalue weighted by Crippen LogP contribution is -2.12. The number of anilines is 1. The topological polar surface area (TPSA) is 68.1 Å². The molecule has 22 heavy (non-hydrogen) atoms. The van der Waals surface area contributed by atoms with Crippen LogP contribution in [0.2, 0.25) is 0 Å². The molecule has 110 valence electrons. The first-order valence-electron chi connectivity index (χ1n) is 6.69. The quantitative estimate of drug-likeness (QED) is 0.565. The number of rotatable bonds is 5. The van der Waals surface area contributed by atoms with Crippen molar-refractivity contribution in [1.82, 2.24) is 4.98 Å². The summed E-state index contributed by atoms with van der Waals surface area (Å²) in [6.07, 6.45) is 1.77. The Kier molecular flexibility index (Phi) is 4.11. The summed E-state index contributed by atoms with van der Waals surface area (Å²) in [6.45, 7) is 0. The molecule has 0 radical (unpaired) electrons. The van der Waals surface area contributed by atoms with Gasteiger partial charge in [-0.3, -0.25) is 10.1 Å². The molecule has 0 amide bonds. The number of nitrogens with one attached hydrogen (secondary N) is 1. The highest BCUT2D eigenvalue weighted by Crippen LogP contribution is 2.28. The SMILES string of the molecule is O=[N+]([O-])c1ccc(NC(c2ccccc2)c2nccs2)cc1. The predicted octanol–water partition coefficient (Wildman–Crippen LogP) is 4.25. The van der Waals surface area contributed by atoms with Gasteiger partial charge < -0.3 is 5.32 Å². The Bertz CT molecular complexity index is 743. The van der Waals surface area contributed by atoms with Gasteiger partial charge in [0, 0.05) is 29.4 Å². The van der Waals surface area contributed by atoms with Gasteiger partial charge >= 0.3 is 0 Å². The first kappa shape index (κ1) is 14.2. The standard InChI is InChI=1S/C16H13N3O2S/c20-19(21)14-8-6-13(7-9-14)18-15(16-17-10-11-22-16)12-4-2-1-3-5-12/h1-11,15,18H. The lowest BCUT2D eigenvalue weighted by Gasteiger charge is -2.18. The number of hydrogen-bond donors (Lipinski definition) is 1. The van der Waals surface area contributed by atoms with Gasteiger partial charge in [-0.25, -0.2) is 4.98 Å². The Labute approximate surface area is 131 Å². The third-order valence-electron chi connectivity index (χ3n) is 3.22. The van der Waals surface area contributed by atoms with E-state index in [1.807, 2.05) is 35.7 Å². The van der Waals surface area contributed by atoms with Gasteiger partial charge in [-0.05, 0) is 17.7 Å². The van der Waals surface area contributed by atoms with Gasteiger partial charge in [-0.15, -0.1) is 11.3 Å². The summed E-state index contributed by atoms with van der Waals surface area (Å²) in [4.78, 5) is 14.7. The van der Waals surface area contributed by atoms with Crippen molar-refractivity contribution in [2.75, 3.05) is 5.32 Å². The third kappa shape index (κ3) is 3.12. The highest BCUT2D eigenvalue weighted by atomic mass is 32.1. The molecule has 0 saturated carbocycles. The van der Waals surface area contributed by atoms with Crippen molar-refractivity contribution >= 4 is 22.7 Å². The van der Waals surface area contributed by atoms with Crippen molar-refractivity contribution in [3.05, 3.63) is 86.9 Å². The molecule has 0 aliphatic rings. The molecule has 0 fully saturated rings. The highest BCUT2D eigenvalue weighted by molar-refractivity contribution is 7.09. The highest BCUT2D eigenvalue weighted by Gasteiger charge is 2.16. The summed E-state index contributed by atoms with van der Waals surface area (Å²) in [5.41, 5.74) is 1.99. The third-order valence-corrected chi connectivity index (χ3v) is 4.06. The molecule has 0 spiro atoms. The second kappa shape index (κ2) is 6.36. The summed E-state index contributed by atoms with van der Waals surface area (Å²) >= 11 is 1.57. The fourth-order valence-corrected chi connectivity index (χ4v) is 2.87. The maximum atomic E-state index is 10.7. The van der Waals surface area contributed by atoms with Gasteiger partial charge in [0.05, 0.1) is 4.92 Å². The Morgan fingerprint density at radius 3 is 2.41 bits per heavy atom. The lowest BCUT2D eigenvalue weighted by atomic mass is 10.1. The maximum absolute atomic E-state index is 10.7. The number of aromatic nitrogens is 1. The van der Waals surface area contributed by atoms with E-state index in [9.17, 15) is 10.1 Å². The van der Waals surface area contributed by atoms with E-state index in [1.165, 1.54) is 12.1 Å². The van der Waals surface area contributed by atoms with Crippen molar-refractivity contribution in [2.24, 2.45) is 0 Å². The predicted molar refractivity (Wildman–Crippen MR) is 87.1 cm³/mol. The van der Waals surface area contributed by atoms with Gasteiger partial charge in [0.2, 0.25) is 0 Å². The first-order chi connectivity index (χ1) is 10.7. The zero-order chi connectivity index (χ0) is 15.4. The van der Waals surface area contributed by atoms with E-state index in [-0.39, 0.29) is 11.7 Å². The molecule has 1 aromatic heterocycles. The zero-order valence-electron chi connectivity index (χ0n) is 11.5. The summed E-state index contributed by atoms with van der Waals surface area (Å²) in [5.74, 6) is 0. The number of nitro groups is 1. The molecule has 0 aliphatic heterocycles. The summed E-state index contributed by atoms with van der Waals surface area (Å²) < 4.78 is 0. The normalized spacial score (nSPS) is 11.8. The number of hydrogen-bond acceptors (Lipinski definition) is 5. The molecule has 3 aromatic rings. The number of nitro benzene ring substituents is 1. The molecule has 0 saturated heterocycles. The number of nitrogens with zero attached hydrogens (tertiary/aromatic N) is 2. The molecule has 1 N–H and O–H groups in total. The minimum Gasteiger partial charge on any atom is -0.372 e. The molecule has 6 heteroatoms. The van der Waals surface area contributed by atoms with E-state index < -0.39 is 4.92 Å². The van der Waals surface area contributed by atoms with Crippen molar-refractivity contribution in [1.29, 1.82) is 0 Å². The molecule has 5 nitrogen and oxygen atoms in total. The molecule has 2 aromatic carbocycles. The molecule has 0 bridgehead atoms. The van der Waals surface area contributed by atoms with Gasteiger partial charge in [0.15, 0.2) is 0 Å². The molecular formula is C16H13N3O2S. The Morgan fingerprint density at radius 1 is 1.09 bits per heavy atom. The van der Waals surface area contributed by atoms with Crippen molar-refractivity contribution in [2.45, 2.75) is 6.04 Å². The van der Waals surface area contributed by atoms with Crippen molar-refractivity contribution < 1.29 is 4.92 Å². The van der Waals surface area contributed by atoms with Crippen LogP contribution in [-0.2, 0) is 0 Å². The first-order valence-corrected chi connectivity index (χ1v) is 7.57. The number of non-ortho nitro benzene ring substituents is 1. The summed E-state index contributed by atoms with van der Waals surface area (Å²) in [5, 5.41) is 17.0. The summed E-state index contributed by atoms with van der Waals surface area (Å²) in [6, 6.07) is 16.3. The minimum absolute atomic E-state index is 0.0797. The van der Waals surface area contributed by atoms with Gasteiger partial charge in [0.1, 0.15) is 11.0 Å². The van der Waals surface area contributed by atoms with Gasteiger partial charge in [-0.1, -0.05) is 30.3 Å². The molecule has 1 unspecified atom stereocenters. The smallest absolute Gasteiger partial charge is 0.269 e. The van der Waals surface area contributed by atoms with E-state index >= 15 is 0 Å². The Hall–Kier alpha value is -2.73. The van der Waals surface area contributed by atoms with Crippen LogP contribution in [0.5, 0.6) is 0 Å². The lowest BCUT2D eigenvalue weighted by molar-refractivity contribution is -0.384. The van der Waals surface area contributed by atoms with Crippen molar-refractivity contribution in [3.63, 3.8) is 0 Å². The second-order valence-electron chi connectivity index (χ2n) is 4.66. The second-order valence-corrected chi connectivity index (χ2v) is 5.59. The van der Waals surface area contributed by atoms with Gasteiger partial charge in [0.25, 0.3) is 5.69 Å². The van der Waals surface area contributed by atoms with E-state index in [1.54, 1.807) is 29.7 Å². The van der Waals surface area contributed by atoms with Crippen LogP contribution in [-0.4, -0.2) is 9.91 Å². The van der Waals surface area contributed by atoms with Crippen LogP contribution in [0.4, 0.5) is 11.4 Å². The fraction of sp³-hybridized carbons (Fsp3) is 0.0625. The van der Waals surface area contributed by atoms with Crippen LogP contribution in [0.3, 0.4) is 0 Å². The van der Waals surface area contributed by atoms with Crippen LogP contribution >= 0.6 is 11.3 Å². The number of thiazole rings is 1. The average molecular weight is 311 g/mol. The Morgan fingerprint density at radius 2 is 1.82 bits per heavy atom. The van der Waals surface area contributed by atoms with Crippen LogP contribution in [0.1, 0.15) is 16.6 Å². The maximum Gasteiger partial charge on any atom is 0.269 e. The summed E-state index contributed by atoms with van der Waals surface area (Å²) in [7, 11) is 0. The number of benzene rings is 2. The van der Waals surface area contributed by atoms with E-state index in [0.717, 1.165) is 16.3 Å². The van der Waals surface area contributed by atoms with E-state index in [4.69, 9.17) is 0 Å². The van der Waals surface area contributed by atoms with Crippen LogP contribution < -0.4 is 5.32 Å². The molecule has 1 atom stereocenters.